The Morgan fingerprint density at radius 1 is 1.39 bits per heavy atom. The number of rotatable bonds is 4. The molecule has 8 heteroatoms. The van der Waals surface area contributed by atoms with Crippen LogP contribution in [0.1, 0.15) is 10.6 Å². The maximum absolute atomic E-state index is 10.5. The van der Waals surface area contributed by atoms with Crippen LogP contribution in [0.25, 0.3) is 0 Å². The summed E-state index contributed by atoms with van der Waals surface area (Å²) < 4.78 is 0. The van der Waals surface area contributed by atoms with Crippen LogP contribution in [0.5, 0.6) is 0 Å². The normalized spacial score (nSPS) is 10.7. The van der Waals surface area contributed by atoms with E-state index in [0.717, 1.165) is 10.6 Å². The molecule has 1 aromatic carbocycles. The molecule has 7 nitrogen and oxygen atoms in total. The Morgan fingerprint density at radius 2 is 2.11 bits per heavy atom. The van der Waals surface area contributed by atoms with Crippen molar-refractivity contribution in [2.45, 2.75) is 6.92 Å². The van der Waals surface area contributed by atoms with Crippen LogP contribution in [-0.2, 0) is 0 Å². The van der Waals surface area contributed by atoms with E-state index in [1.165, 1.54) is 23.5 Å². The second-order valence-electron chi connectivity index (χ2n) is 3.34. The van der Waals surface area contributed by atoms with Crippen molar-refractivity contribution >= 4 is 28.4 Å². The monoisotopic (exact) mass is 263 g/mol. The quantitative estimate of drug-likeness (QED) is 0.518. The maximum atomic E-state index is 10.5. The summed E-state index contributed by atoms with van der Waals surface area (Å²) in [4.78, 5) is 10.0. The molecule has 0 atom stereocenters. The summed E-state index contributed by atoms with van der Waals surface area (Å²) in [5.74, 6) is 0. The third-order valence-corrected chi connectivity index (χ3v) is 2.75. The minimum atomic E-state index is -0.441. The smallest absolute Gasteiger partial charge is 0.258 e. The Balaban J connectivity index is 1.98. The second-order valence-corrected chi connectivity index (χ2v) is 4.53. The number of hydrazone groups is 1. The van der Waals surface area contributed by atoms with Crippen molar-refractivity contribution in [2.75, 3.05) is 5.43 Å². The van der Waals surface area contributed by atoms with Gasteiger partial charge < -0.3 is 0 Å². The largest absolute Gasteiger partial charge is 0.269 e. The van der Waals surface area contributed by atoms with E-state index < -0.39 is 4.92 Å². The second kappa shape index (κ2) is 5.32. The zero-order chi connectivity index (χ0) is 13.0. The van der Waals surface area contributed by atoms with Gasteiger partial charge in [0.15, 0.2) is 0 Å². The molecule has 1 heterocycles. The minimum absolute atomic E-state index is 0.0554. The average molecular weight is 263 g/mol. The third-order valence-electron chi connectivity index (χ3n) is 2.00. The van der Waals surface area contributed by atoms with Crippen LogP contribution < -0.4 is 5.43 Å². The van der Waals surface area contributed by atoms with Crippen LogP contribution in [0.4, 0.5) is 10.8 Å². The number of aromatic nitrogens is 2. The zero-order valence-electron chi connectivity index (χ0n) is 9.40. The highest BCUT2D eigenvalue weighted by Gasteiger charge is 2.02. The molecule has 0 bridgehead atoms. The molecule has 2 rings (SSSR count). The Kier molecular flexibility index (Phi) is 3.58. The summed E-state index contributed by atoms with van der Waals surface area (Å²) in [7, 11) is 0. The Labute approximate surface area is 106 Å². The van der Waals surface area contributed by atoms with E-state index in [-0.39, 0.29) is 5.69 Å². The van der Waals surface area contributed by atoms with Gasteiger partial charge in [0, 0.05) is 12.1 Å². The molecular weight excluding hydrogens is 254 g/mol. The van der Waals surface area contributed by atoms with Crippen LogP contribution in [0.3, 0.4) is 0 Å². The highest BCUT2D eigenvalue weighted by Crippen LogP contribution is 2.13. The summed E-state index contributed by atoms with van der Waals surface area (Å²) in [6.07, 6.45) is 1.56. The van der Waals surface area contributed by atoms with E-state index in [9.17, 15) is 10.1 Å². The molecule has 1 N–H and O–H groups in total. The van der Waals surface area contributed by atoms with E-state index in [0.29, 0.717) is 5.13 Å². The Morgan fingerprint density at radius 3 is 2.67 bits per heavy atom. The van der Waals surface area contributed by atoms with Crippen molar-refractivity contribution in [1.82, 2.24) is 10.2 Å². The van der Waals surface area contributed by atoms with Gasteiger partial charge in [-0.1, -0.05) is 11.3 Å². The van der Waals surface area contributed by atoms with Gasteiger partial charge in [0.1, 0.15) is 5.01 Å². The number of nitrogens with one attached hydrogen (secondary N) is 1. The molecule has 0 saturated heterocycles. The fraction of sp³-hybridized carbons (Fsp3) is 0.100. The number of benzene rings is 1. The maximum Gasteiger partial charge on any atom is 0.269 e. The lowest BCUT2D eigenvalue weighted by Crippen LogP contribution is -1.91. The van der Waals surface area contributed by atoms with Gasteiger partial charge in [0.25, 0.3) is 5.69 Å². The SMILES string of the molecule is Cc1nnc(N/N=C/c2ccc([N+](=O)[O-])cc2)s1. The zero-order valence-corrected chi connectivity index (χ0v) is 10.2. The summed E-state index contributed by atoms with van der Waals surface area (Å²) in [5, 5.41) is 23.5. The van der Waals surface area contributed by atoms with Gasteiger partial charge in [-0.2, -0.15) is 5.10 Å². The van der Waals surface area contributed by atoms with Crippen LogP contribution in [-0.4, -0.2) is 21.3 Å². The summed E-state index contributed by atoms with van der Waals surface area (Å²) >= 11 is 1.39. The van der Waals surface area contributed by atoms with Gasteiger partial charge in [-0.3, -0.25) is 15.5 Å². The predicted octanol–water partition coefficient (Wildman–Crippen LogP) is 2.20. The number of hydrogen-bond acceptors (Lipinski definition) is 7. The van der Waals surface area contributed by atoms with E-state index in [2.05, 4.69) is 20.7 Å². The van der Waals surface area contributed by atoms with E-state index >= 15 is 0 Å². The van der Waals surface area contributed by atoms with Gasteiger partial charge in [-0.25, -0.2) is 0 Å². The molecule has 2 aromatic rings. The Hall–Kier alpha value is -2.35. The van der Waals surface area contributed by atoms with Gasteiger partial charge in [0.05, 0.1) is 11.1 Å². The third kappa shape index (κ3) is 3.08. The van der Waals surface area contributed by atoms with Crippen molar-refractivity contribution < 1.29 is 4.92 Å². The molecule has 0 aliphatic rings. The van der Waals surface area contributed by atoms with Crippen LogP contribution in [0, 0.1) is 17.0 Å². The summed E-state index contributed by atoms with van der Waals surface area (Å²) in [6.45, 7) is 1.85. The molecular formula is C10H9N5O2S. The molecule has 0 amide bonds. The van der Waals surface area contributed by atoms with Gasteiger partial charge in [-0.05, 0) is 24.6 Å². The van der Waals surface area contributed by atoms with Crippen molar-refractivity contribution in [3.05, 3.63) is 45.0 Å². The molecule has 92 valence electrons. The molecule has 18 heavy (non-hydrogen) atoms. The van der Waals surface area contributed by atoms with Crippen LogP contribution >= 0.6 is 11.3 Å². The Bertz CT molecular complexity index is 578. The minimum Gasteiger partial charge on any atom is -0.258 e. The fourth-order valence-corrected chi connectivity index (χ4v) is 1.73. The lowest BCUT2D eigenvalue weighted by Gasteiger charge is -1.94. The lowest BCUT2D eigenvalue weighted by atomic mass is 10.2. The number of non-ortho nitro benzene ring substituents is 1. The first-order chi connectivity index (χ1) is 8.65. The number of aryl methyl sites for hydroxylation is 1. The van der Waals surface area contributed by atoms with E-state index in [4.69, 9.17) is 0 Å². The molecule has 0 saturated carbocycles. The predicted molar refractivity (Wildman–Crippen MR) is 69.0 cm³/mol. The molecule has 1 aromatic heterocycles. The molecule has 0 radical (unpaired) electrons. The first-order valence-electron chi connectivity index (χ1n) is 4.99. The van der Waals surface area contributed by atoms with Crippen LogP contribution in [0.2, 0.25) is 0 Å². The standard InChI is InChI=1S/C10H9N5O2S/c1-7-12-14-10(18-7)13-11-6-8-2-4-9(5-3-8)15(16)17/h2-6H,1H3,(H,13,14)/b11-6+. The number of anilines is 1. The number of nitro benzene ring substituents is 1. The highest BCUT2D eigenvalue weighted by molar-refractivity contribution is 7.15. The summed E-state index contributed by atoms with van der Waals surface area (Å²) in [6, 6.07) is 6.09. The first-order valence-corrected chi connectivity index (χ1v) is 5.80. The topological polar surface area (TPSA) is 93.3 Å². The molecule has 0 aliphatic heterocycles. The highest BCUT2D eigenvalue weighted by atomic mass is 32.1. The number of nitrogens with zero attached hydrogens (tertiary/aromatic N) is 4. The number of nitro groups is 1. The van der Waals surface area contributed by atoms with E-state index in [1.54, 1.807) is 18.3 Å². The molecule has 0 fully saturated rings. The molecule has 0 aliphatic carbocycles. The van der Waals surface area contributed by atoms with Crippen molar-refractivity contribution in [2.24, 2.45) is 5.10 Å². The van der Waals surface area contributed by atoms with Crippen molar-refractivity contribution in [3.8, 4) is 0 Å². The van der Waals surface area contributed by atoms with Gasteiger partial charge in [0.2, 0.25) is 5.13 Å². The average Bonchev–Trinajstić information content (AvgIpc) is 2.76. The van der Waals surface area contributed by atoms with Crippen molar-refractivity contribution in [3.63, 3.8) is 0 Å². The van der Waals surface area contributed by atoms with Gasteiger partial charge >= 0.3 is 0 Å². The number of hydrogen-bond donors (Lipinski definition) is 1. The fourth-order valence-electron chi connectivity index (χ4n) is 1.19. The van der Waals surface area contributed by atoms with Gasteiger partial charge in [-0.15, -0.1) is 10.2 Å². The van der Waals surface area contributed by atoms with E-state index in [1.807, 2.05) is 6.92 Å². The molecule has 0 spiro atoms. The summed E-state index contributed by atoms with van der Waals surface area (Å²) in [5.41, 5.74) is 3.55. The first kappa shape index (κ1) is 12.1. The van der Waals surface area contributed by atoms with Crippen LogP contribution in [0.15, 0.2) is 29.4 Å². The van der Waals surface area contributed by atoms with Crippen molar-refractivity contribution in [1.29, 1.82) is 0 Å². The molecule has 0 unspecified atom stereocenters. The lowest BCUT2D eigenvalue weighted by molar-refractivity contribution is -0.384.